The van der Waals surface area contributed by atoms with Crippen molar-refractivity contribution < 1.29 is 5.11 Å². The molecule has 1 aromatic carbocycles. The molecule has 1 heterocycles. The molecule has 2 N–H and O–H groups in total. The largest absolute Gasteiger partial charge is 0.394 e. The number of pyridine rings is 1. The first-order valence-electron chi connectivity index (χ1n) is 5.92. The highest BCUT2D eigenvalue weighted by Crippen LogP contribution is 2.20. The molecule has 0 bridgehead atoms. The summed E-state index contributed by atoms with van der Waals surface area (Å²) in [6.45, 7) is 4.54. The van der Waals surface area contributed by atoms with Gasteiger partial charge in [0.05, 0.1) is 12.1 Å². The van der Waals surface area contributed by atoms with Gasteiger partial charge in [-0.05, 0) is 26.0 Å². The topological polar surface area (TPSA) is 45.1 Å². The van der Waals surface area contributed by atoms with Crippen LogP contribution in [0.15, 0.2) is 30.3 Å². The molecule has 0 aliphatic rings. The molecule has 0 spiro atoms. The number of nitrogens with one attached hydrogen (secondary N) is 1. The van der Waals surface area contributed by atoms with Crippen LogP contribution in [0.2, 0.25) is 5.15 Å². The van der Waals surface area contributed by atoms with Crippen molar-refractivity contribution in [2.24, 2.45) is 0 Å². The standard InChI is InChI=1S/C14H17ClN2O/c1-14(2,9-18)16-8-11-7-10-5-3-4-6-12(10)17-13(11)15/h3-7,16,18H,8-9H2,1-2H3. The fraction of sp³-hybridized carbons (Fsp3) is 0.357. The number of benzene rings is 1. The Labute approximate surface area is 112 Å². The van der Waals surface area contributed by atoms with Gasteiger partial charge in [0.15, 0.2) is 0 Å². The summed E-state index contributed by atoms with van der Waals surface area (Å²) in [7, 11) is 0. The average Bonchev–Trinajstić information content (AvgIpc) is 2.36. The summed E-state index contributed by atoms with van der Waals surface area (Å²) in [5.74, 6) is 0. The van der Waals surface area contributed by atoms with Crippen LogP contribution in [0.25, 0.3) is 10.9 Å². The molecule has 0 amide bonds. The van der Waals surface area contributed by atoms with Crippen molar-refractivity contribution in [2.75, 3.05) is 6.61 Å². The number of rotatable bonds is 4. The third-order valence-corrected chi connectivity index (χ3v) is 3.23. The summed E-state index contributed by atoms with van der Waals surface area (Å²) in [5, 5.41) is 14.0. The lowest BCUT2D eigenvalue weighted by molar-refractivity contribution is 0.187. The number of aromatic nitrogens is 1. The SMILES string of the molecule is CC(C)(CO)NCc1cc2ccccc2nc1Cl. The van der Waals surface area contributed by atoms with Crippen molar-refractivity contribution in [2.45, 2.75) is 25.9 Å². The molecule has 4 heteroatoms. The maximum absolute atomic E-state index is 9.20. The molecule has 0 saturated heterocycles. The molecule has 3 nitrogen and oxygen atoms in total. The molecule has 1 aromatic heterocycles. The highest BCUT2D eigenvalue weighted by Gasteiger charge is 2.16. The molecular formula is C14H17ClN2O. The van der Waals surface area contributed by atoms with Crippen LogP contribution in [0, 0.1) is 0 Å². The molecular weight excluding hydrogens is 248 g/mol. The fourth-order valence-electron chi connectivity index (χ4n) is 1.65. The van der Waals surface area contributed by atoms with Crippen molar-refractivity contribution in [1.29, 1.82) is 0 Å². The van der Waals surface area contributed by atoms with Crippen LogP contribution in [0.3, 0.4) is 0 Å². The van der Waals surface area contributed by atoms with Gasteiger partial charge >= 0.3 is 0 Å². The van der Waals surface area contributed by atoms with Crippen molar-refractivity contribution in [1.82, 2.24) is 10.3 Å². The smallest absolute Gasteiger partial charge is 0.134 e. The first kappa shape index (κ1) is 13.3. The number of nitrogens with zero attached hydrogens (tertiary/aromatic N) is 1. The predicted molar refractivity (Wildman–Crippen MR) is 74.8 cm³/mol. The van der Waals surface area contributed by atoms with E-state index in [1.54, 1.807) is 0 Å². The van der Waals surface area contributed by atoms with Crippen LogP contribution in [0.5, 0.6) is 0 Å². The molecule has 18 heavy (non-hydrogen) atoms. The molecule has 0 aliphatic heterocycles. The fourth-order valence-corrected chi connectivity index (χ4v) is 1.86. The van der Waals surface area contributed by atoms with Gasteiger partial charge in [0.2, 0.25) is 0 Å². The van der Waals surface area contributed by atoms with Gasteiger partial charge in [0, 0.05) is 23.0 Å². The molecule has 0 radical (unpaired) electrons. The summed E-state index contributed by atoms with van der Waals surface area (Å²) in [4.78, 5) is 4.37. The lowest BCUT2D eigenvalue weighted by Crippen LogP contribution is -2.42. The average molecular weight is 265 g/mol. The predicted octanol–water partition coefficient (Wildman–Crippen LogP) is 2.75. The summed E-state index contributed by atoms with van der Waals surface area (Å²) in [5.41, 5.74) is 1.51. The summed E-state index contributed by atoms with van der Waals surface area (Å²) < 4.78 is 0. The van der Waals surface area contributed by atoms with Crippen LogP contribution in [0.4, 0.5) is 0 Å². The van der Waals surface area contributed by atoms with Crippen LogP contribution in [-0.2, 0) is 6.54 Å². The highest BCUT2D eigenvalue weighted by atomic mass is 35.5. The number of aliphatic hydroxyl groups is 1. The Bertz CT molecular complexity index is 554. The van der Waals surface area contributed by atoms with Gasteiger partial charge in [-0.3, -0.25) is 0 Å². The van der Waals surface area contributed by atoms with Crippen molar-refractivity contribution in [3.63, 3.8) is 0 Å². The van der Waals surface area contributed by atoms with E-state index in [1.807, 2.05) is 44.2 Å². The number of hydrogen-bond acceptors (Lipinski definition) is 3. The van der Waals surface area contributed by atoms with E-state index >= 15 is 0 Å². The third-order valence-electron chi connectivity index (χ3n) is 2.90. The summed E-state index contributed by atoms with van der Waals surface area (Å²) in [6, 6.07) is 9.91. The minimum absolute atomic E-state index is 0.0750. The van der Waals surface area contributed by atoms with Gasteiger partial charge in [0.1, 0.15) is 5.15 Å². The van der Waals surface area contributed by atoms with E-state index in [2.05, 4.69) is 10.3 Å². The second-order valence-electron chi connectivity index (χ2n) is 5.03. The van der Waals surface area contributed by atoms with Gasteiger partial charge in [-0.15, -0.1) is 0 Å². The van der Waals surface area contributed by atoms with E-state index in [0.717, 1.165) is 16.5 Å². The molecule has 2 rings (SSSR count). The van der Waals surface area contributed by atoms with Gasteiger partial charge < -0.3 is 10.4 Å². The molecule has 0 saturated carbocycles. The van der Waals surface area contributed by atoms with Crippen LogP contribution in [-0.4, -0.2) is 22.2 Å². The van der Waals surface area contributed by atoms with Gasteiger partial charge in [-0.1, -0.05) is 29.8 Å². The van der Waals surface area contributed by atoms with Crippen LogP contribution in [0.1, 0.15) is 19.4 Å². The van der Waals surface area contributed by atoms with Gasteiger partial charge in [-0.2, -0.15) is 0 Å². The van der Waals surface area contributed by atoms with Crippen molar-refractivity contribution >= 4 is 22.5 Å². The Morgan fingerprint density at radius 2 is 2.06 bits per heavy atom. The Morgan fingerprint density at radius 1 is 1.33 bits per heavy atom. The Morgan fingerprint density at radius 3 is 2.78 bits per heavy atom. The molecule has 2 aromatic rings. The minimum Gasteiger partial charge on any atom is -0.394 e. The summed E-state index contributed by atoms with van der Waals surface area (Å²) >= 11 is 6.16. The maximum atomic E-state index is 9.20. The van der Waals surface area contributed by atoms with Crippen molar-refractivity contribution in [3.8, 4) is 0 Å². The lowest BCUT2D eigenvalue weighted by atomic mass is 10.1. The highest BCUT2D eigenvalue weighted by molar-refractivity contribution is 6.30. The zero-order valence-electron chi connectivity index (χ0n) is 10.6. The Hall–Kier alpha value is -1.16. The van der Waals surface area contributed by atoms with Crippen LogP contribution >= 0.6 is 11.6 Å². The molecule has 0 aliphatic carbocycles. The number of para-hydroxylation sites is 1. The number of aliphatic hydroxyl groups excluding tert-OH is 1. The van der Waals surface area contributed by atoms with E-state index in [4.69, 9.17) is 11.6 Å². The lowest BCUT2D eigenvalue weighted by Gasteiger charge is -2.23. The van der Waals surface area contributed by atoms with E-state index < -0.39 is 0 Å². The van der Waals surface area contributed by atoms with Crippen molar-refractivity contribution in [3.05, 3.63) is 41.0 Å². The van der Waals surface area contributed by atoms with E-state index in [0.29, 0.717) is 11.7 Å². The third kappa shape index (κ3) is 2.99. The molecule has 0 unspecified atom stereocenters. The molecule has 0 atom stereocenters. The van der Waals surface area contributed by atoms with E-state index in [-0.39, 0.29) is 12.1 Å². The van der Waals surface area contributed by atoms with Gasteiger partial charge in [-0.25, -0.2) is 4.98 Å². The number of fused-ring (bicyclic) bond motifs is 1. The molecule has 96 valence electrons. The number of hydrogen-bond donors (Lipinski definition) is 2. The normalized spacial score (nSPS) is 12.0. The summed E-state index contributed by atoms with van der Waals surface area (Å²) in [6.07, 6.45) is 0. The Balaban J connectivity index is 2.25. The van der Waals surface area contributed by atoms with Gasteiger partial charge in [0.25, 0.3) is 0 Å². The first-order chi connectivity index (χ1) is 8.52. The zero-order chi connectivity index (χ0) is 13.2. The first-order valence-corrected chi connectivity index (χ1v) is 6.30. The zero-order valence-corrected chi connectivity index (χ0v) is 11.3. The second-order valence-corrected chi connectivity index (χ2v) is 5.38. The monoisotopic (exact) mass is 264 g/mol. The van der Waals surface area contributed by atoms with E-state index in [9.17, 15) is 5.11 Å². The maximum Gasteiger partial charge on any atom is 0.134 e. The number of halogens is 1. The minimum atomic E-state index is -0.324. The van der Waals surface area contributed by atoms with E-state index in [1.165, 1.54) is 0 Å². The quantitative estimate of drug-likeness (QED) is 0.835. The second kappa shape index (κ2) is 5.22. The van der Waals surface area contributed by atoms with Crippen LogP contribution < -0.4 is 5.32 Å². The Kier molecular flexibility index (Phi) is 3.85. The molecule has 0 fully saturated rings.